The van der Waals surface area contributed by atoms with Crippen molar-refractivity contribution in [1.82, 2.24) is 4.90 Å². The average Bonchev–Trinajstić information content (AvgIpc) is 2.55. The molecule has 27 heavy (non-hydrogen) atoms. The molecule has 1 atom stereocenters. The summed E-state index contributed by atoms with van der Waals surface area (Å²) in [7, 11) is 1.66. The Labute approximate surface area is 165 Å². The summed E-state index contributed by atoms with van der Waals surface area (Å²) in [6.07, 6.45) is 2.45. The topological polar surface area (TPSA) is 81.9 Å². The van der Waals surface area contributed by atoms with Gasteiger partial charge in [-0.25, -0.2) is 4.79 Å². The Morgan fingerprint density at radius 1 is 1.33 bits per heavy atom. The Hall–Kier alpha value is -2.02. The summed E-state index contributed by atoms with van der Waals surface area (Å²) in [5, 5.41) is 11.6. The number of unbranched alkanes of at least 4 members (excludes halogenated alkanes) is 1. The molecule has 0 aliphatic rings. The molecular weight excluding hydrogens is 372 g/mol. The number of nitrogens with zero attached hydrogens (tertiary/aromatic N) is 2. The molecule has 1 unspecified atom stereocenters. The van der Waals surface area contributed by atoms with Crippen molar-refractivity contribution in [3.05, 3.63) is 33.3 Å². The normalized spacial score (nSPS) is 12.4. The summed E-state index contributed by atoms with van der Waals surface area (Å²) < 4.78 is 11.3. The van der Waals surface area contributed by atoms with Crippen molar-refractivity contribution in [3.63, 3.8) is 0 Å². The van der Waals surface area contributed by atoms with Crippen molar-refractivity contribution in [2.45, 2.75) is 65.1 Å². The highest BCUT2D eigenvalue weighted by atomic mass is 35.5. The van der Waals surface area contributed by atoms with E-state index < -0.39 is 16.6 Å². The van der Waals surface area contributed by atoms with Crippen molar-refractivity contribution in [1.29, 1.82) is 0 Å². The van der Waals surface area contributed by atoms with Crippen LogP contribution in [0, 0.1) is 10.1 Å². The third-order valence-corrected chi connectivity index (χ3v) is 4.02. The average molecular weight is 401 g/mol. The predicted molar refractivity (Wildman–Crippen MR) is 106 cm³/mol. The van der Waals surface area contributed by atoms with Gasteiger partial charge in [-0.3, -0.25) is 10.1 Å². The molecule has 1 aromatic rings. The van der Waals surface area contributed by atoms with Gasteiger partial charge in [-0.05, 0) is 33.3 Å². The number of rotatable bonds is 9. The minimum absolute atomic E-state index is 0.124. The summed E-state index contributed by atoms with van der Waals surface area (Å²) >= 11 is 5.97. The number of hydrogen-bond acceptors (Lipinski definition) is 5. The van der Waals surface area contributed by atoms with Crippen LogP contribution in [0.25, 0.3) is 0 Å². The summed E-state index contributed by atoms with van der Waals surface area (Å²) in [5.74, 6) is 0.147. The van der Waals surface area contributed by atoms with Crippen LogP contribution in [-0.4, -0.2) is 41.2 Å². The van der Waals surface area contributed by atoms with Gasteiger partial charge in [0.2, 0.25) is 0 Å². The first-order chi connectivity index (χ1) is 12.5. The Bertz CT molecular complexity index is 645. The van der Waals surface area contributed by atoms with E-state index in [1.165, 1.54) is 23.1 Å². The maximum atomic E-state index is 12.1. The molecule has 0 radical (unpaired) electrons. The summed E-state index contributed by atoms with van der Waals surface area (Å²) in [4.78, 5) is 24.3. The summed E-state index contributed by atoms with van der Waals surface area (Å²) in [6, 6.07) is 4.25. The van der Waals surface area contributed by atoms with Crippen LogP contribution in [0.1, 0.15) is 53.4 Å². The Kier molecular flexibility index (Phi) is 8.82. The number of carbonyl (C=O) groups is 1. The molecule has 0 bridgehead atoms. The maximum absolute atomic E-state index is 12.1. The molecule has 1 aromatic carbocycles. The molecule has 0 aliphatic carbocycles. The highest BCUT2D eigenvalue weighted by Crippen LogP contribution is 2.31. The lowest BCUT2D eigenvalue weighted by Gasteiger charge is -2.26. The number of halogens is 1. The summed E-state index contributed by atoms with van der Waals surface area (Å²) in [5.41, 5.74) is -0.688. The number of benzene rings is 1. The standard InChI is InChI=1S/C19H29ClN2O5/c1-6-7-8-15(11-12-21(5)18(23)27-19(2,3)4)26-17-13-14(20)9-10-16(17)22(24)25/h9-10,13,15H,6-8,11-12H2,1-5H3. The first kappa shape index (κ1) is 23.0. The van der Waals surface area contributed by atoms with Gasteiger partial charge in [-0.1, -0.05) is 31.4 Å². The molecule has 7 nitrogen and oxygen atoms in total. The van der Waals surface area contributed by atoms with Gasteiger partial charge in [0.15, 0.2) is 5.75 Å². The van der Waals surface area contributed by atoms with Gasteiger partial charge in [0.05, 0.1) is 4.92 Å². The zero-order chi connectivity index (χ0) is 20.6. The van der Waals surface area contributed by atoms with Gasteiger partial charge in [0, 0.05) is 37.2 Å². The van der Waals surface area contributed by atoms with Crippen molar-refractivity contribution in [2.75, 3.05) is 13.6 Å². The van der Waals surface area contributed by atoms with E-state index in [-0.39, 0.29) is 17.5 Å². The lowest BCUT2D eigenvalue weighted by atomic mass is 10.1. The molecule has 0 N–H and O–H groups in total. The fraction of sp³-hybridized carbons (Fsp3) is 0.632. The Morgan fingerprint density at radius 3 is 2.56 bits per heavy atom. The minimum Gasteiger partial charge on any atom is -0.483 e. The minimum atomic E-state index is -0.565. The van der Waals surface area contributed by atoms with E-state index in [2.05, 4.69) is 6.92 Å². The van der Waals surface area contributed by atoms with Crippen LogP contribution in [-0.2, 0) is 4.74 Å². The number of hydrogen-bond donors (Lipinski definition) is 0. The molecular formula is C19H29ClN2O5. The summed E-state index contributed by atoms with van der Waals surface area (Å²) in [6.45, 7) is 7.90. The lowest BCUT2D eigenvalue weighted by molar-refractivity contribution is -0.386. The third-order valence-electron chi connectivity index (χ3n) is 3.78. The quantitative estimate of drug-likeness (QED) is 0.407. The Balaban J connectivity index is 2.81. The number of amides is 1. The van der Waals surface area contributed by atoms with Gasteiger partial charge in [0.25, 0.3) is 0 Å². The number of ether oxygens (including phenoxy) is 2. The first-order valence-electron chi connectivity index (χ1n) is 9.08. The highest BCUT2D eigenvalue weighted by molar-refractivity contribution is 6.30. The van der Waals surface area contributed by atoms with Gasteiger partial charge >= 0.3 is 11.8 Å². The molecule has 0 saturated carbocycles. The SMILES string of the molecule is CCCCC(CCN(C)C(=O)OC(C)(C)C)Oc1cc(Cl)ccc1[N+](=O)[O-]. The predicted octanol–water partition coefficient (Wildman–Crippen LogP) is 5.44. The molecule has 0 saturated heterocycles. The van der Waals surface area contributed by atoms with Crippen LogP contribution in [0.15, 0.2) is 18.2 Å². The van der Waals surface area contributed by atoms with Crippen LogP contribution in [0.4, 0.5) is 10.5 Å². The van der Waals surface area contributed by atoms with E-state index in [0.717, 1.165) is 19.3 Å². The van der Waals surface area contributed by atoms with E-state index in [1.807, 2.05) is 20.8 Å². The third kappa shape index (κ3) is 8.47. The monoisotopic (exact) mass is 400 g/mol. The molecule has 0 aromatic heterocycles. The first-order valence-corrected chi connectivity index (χ1v) is 9.46. The van der Waals surface area contributed by atoms with E-state index in [9.17, 15) is 14.9 Å². The molecule has 0 heterocycles. The van der Waals surface area contributed by atoms with Gasteiger partial charge < -0.3 is 14.4 Å². The van der Waals surface area contributed by atoms with Crippen LogP contribution in [0.2, 0.25) is 5.02 Å². The number of nitro benzene ring substituents is 1. The van der Waals surface area contributed by atoms with Crippen LogP contribution >= 0.6 is 11.6 Å². The molecule has 0 fully saturated rings. The number of nitro groups is 1. The highest BCUT2D eigenvalue weighted by Gasteiger charge is 2.23. The van der Waals surface area contributed by atoms with Crippen LogP contribution in [0.3, 0.4) is 0 Å². The molecule has 1 amide bonds. The molecule has 0 spiro atoms. The maximum Gasteiger partial charge on any atom is 0.410 e. The van der Waals surface area contributed by atoms with Crippen LogP contribution in [0.5, 0.6) is 5.75 Å². The molecule has 8 heteroatoms. The molecule has 1 rings (SSSR count). The van der Waals surface area contributed by atoms with E-state index in [4.69, 9.17) is 21.1 Å². The van der Waals surface area contributed by atoms with Crippen molar-refractivity contribution in [2.24, 2.45) is 0 Å². The van der Waals surface area contributed by atoms with E-state index in [1.54, 1.807) is 7.05 Å². The van der Waals surface area contributed by atoms with E-state index in [0.29, 0.717) is 18.0 Å². The fourth-order valence-corrected chi connectivity index (χ4v) is 2.54. The van der Waals surface area contributed by atoms with Crippen molar-refractivity contribution in [3.8, 4) is 5.75 Å². The van der Waals surface area contributed by atoms with Gasteiger partial charge in [0.1, 0.15) is 11.7 Å². The largest absolute Gasteiger partial charge is 0.483 e. The fourth-order valence-electron chi connectivity index (χ4n) is 2.38. The van der Waals surface area contributed by atoms with E-state index >= 15 is 0 Å². The number of carbonyl (C=O) groups excluding carboxylic acids is 1. The van der Waals surface area contributed by atoms with Crippen LogP contribution < -0.4 is 4.74 Å². The molecule has 152 valence electrons. The molecule has 0 aliphatic heterocycles. The second kappa shape index (κ2) is 10.3. The Morgan fingerprint density at radius 2 is 2.00 bits per heavy atom. The lowest BCUT2D eigenvalue weighted by Crippen LogP contribution is -2.36. The van der Waals surface area contributed by atoms with Crippen molar-refractivity contribution < 1.29 is 19.2 Å². The zero-order valence-electron chi connectivity index (χ0n) is 16.7. The van der Waals surface area contributed by atoms with Crippen molar-refractivity contribution >= 4 is 23.4 Å². The van der Waals surface area contributed by atoms with Gasteiger partial charge in [-0.2, -0.15) is 0 Å². The smallest absolute Gasteiger partial charge is 0.410 e. The second-order valence-corrected chi connectivity index (χ2v) is 7.88. The second-order valence-electron chi connectivity index (χ2n) is 7.44. The van der Waals surface area contributed by atoms with Gasteiger partial charge in [-0.15, -0.1) is 0 Å². The zero-order valence-corrected chi connectivity index (χ0v) is 17.4.